The number of allylic oxidation sites excluding steroid dienone is 1. The highest BCUT2D eigenvalue weighted by Gasteiger charge is 2.28. The van der Waals surface area contributed by atoms with Gasteiger partial charge < -0.3 is 4.74 Å². The van der Waals surface area contributed by atoms with Crippen LogP contribution in [0.5, 0.6) is 0 Å². The van der Waals surface area contributed by atoms with E-state index in [1.165, 1.54) is 0 Å². The Bertz CT molecular complexity index is 210. The summed E-state index contributed by atoms with van der Waals surface area (Å²) in [5.74, 6) is -0.562. The van der Waals surface area contributed by atoms with Crippen LogP contribution >= 0.6 is 11.6 Å². The monoisotopic (exact) mass is 216 g/mol. The van der Waals surface area contributed by atoms with Crippen molar-refractivity contribution >= 4 is 17.6 Å². The van der Waals surface area contributed by atoms with Crippen molar-refractivity contribution in [3.8, 4) is 0 Å². The molecule has 0 amide bonds. The molecule has 0 aliphatic heterocycles. The van der Waals surface area contributed by atoms with Crippen LogP contribution in [0.1, 0.15) is 13.3 Å². The first-order valence-corrected chi connectivity index (χ1v) is 3.73. The number of hydrogen-bond donors (Lipinski definition) is 0. The van der Waals surface area contributed by atoms with Gasteiger partial charge in [-0.2, -0.15) is 13.2 Å². The molecule has 2 nitrogen and oxygen atoms in total. The molecule has 0 heterocycles. The van der Waals surface area contributed by atoms with Crippen molar-refractivity contribution in [1.29, 1.82) is 0 Å². The van der Waals surface area contributed by atoms with Gasteiger partial charge in [-0.15, -0.1) is 0 Å². The molecular formula is C7H8ClF3O2. The zero-order valence-electron chi connectivity index (χ0n) is 6.82. The number of carbonyl (C=O) groups is 1. The van der Waals surface area contributed by atoms with Crippen molar-refractivity contribution < 1.29 is 22.7 Å². The lowest BCUT2D eigenvalue weighted by molar-refractivity contribution is -0.139. The number of hydrogen-bond acceptors (Lipinski definition) is 2. The second-order valence-electron chi connectivity index (χ2n) is 2.25. The zero-order chi connectivity index (χ0) is 10.5. The summed E-state index contributed by atoms with van der Waals surface area (Å²) in [7, 11) is 0. The van der Waals surface area contributed by atoms with Gasteiger partial charge in [0.25, 0.3) is 0 Å². The fourth-order valence-corrected chi connectivity index (χ4v) is 0.728. The molecule has 0 aliphatic carbocycles. The number of esters is 1. The molecule has 0 radical (unpaired) electrons. The largest absolute Gasteiger partial charge is 0.462 e. The minimum absolute atomic E-state index is 0.232. The van der Waals surface area contributed by atoms with Crippen molar-refractivity contribution in [2.75, 3.05) is 6.61 Å². The molecular weight excluding hydrogens is 209 g/mol. The van der Waals surface area contributed by atoms with E-state index < -0.39 is 18.6 Å². The molecule has 0 saturated carbocycles. The molecule has 0 atom stereocenters. The van der Waals surface area contributed by atoms with E-state index in [2.05, 4.69) is 4.74 Å². The lowest BCUT2D eigenvalue weighted by atomic mass is 10.3. The highest BCUT2D eigenvalue weighted by atomic mass is 35.5. The van der Waals surface area contributed by atoms with Crippen LogP contribution in [0.15, 0.2) is 11.1 Å². The molecule has 0 bridgehead atoms. The maximum absolute atomic E-state index is 11.7. The molecule has 0 spiro atoms. The van der Waals surface area contributed by atoms with Crippen LogP contribution in [-0.4, -0.2) is 18.8 Å². The number of halogens is 4. The third-order valence-electron chi connectivity index (χ3n) is 0.961. The Morgan fingerprint density at radius 1 is 1.54 bits per heavy atom. The summed E-state index contributed by atoms with van der Waals surface area (Å²) in [6, 6.07) is 0. The predicted octanol–water partition coefficient (Wildman–Crippen LogP) is 2.62. The topological polar surface area (TPSA) is 26.3 Å². The number of carbonyl (C=O) groups excluding carboxylic acids is 1. The van der Waals surface area contributed by atoms with Gasteiger partial charge in [0.2, 0.25) is 0 Å². The molecule has 0 aliphatic rings. The molecule has 0 fully saturated rings. The van der Waals surface area contributed by atoms with Crippen LogP contribution in [0.3, 0.4) is 0 Å². The molecule has 0 aromatic carbocycles. The lowest BCUT2D eigenvalue weighted by Crippen LogP contribution is -2.07. The van der Waals surface area contributed by atoms with Crippen LogP contribution in [0.2, 0.25) is 0 Å². The first kappa shape index (κ1) is 12.3. The number of ether oxygens (including phenoxy) is 1. The minimum Gasteiger partial charge on any atom is -0.462 e. The highest BCUT2D eigenvalue weighted by molar-refractivity contribution is 6.29. The van der Waals surface area contributed by atoms with Gasteiger partial charge in [-0.1, -0.05) is 11.6 Å². The number of alkyl halides is 3. The van der Waals surface area contributed by atoms with Gasteiger partial charge in [-0.3, -0.25) is 4.79 Å². The molecule has 0 saturated heterocycles. The standard InChI is InChI=1S/C7H8ClF3O2/c1-5(12)13-3-2-6(8)4-7(9,10)11/h2H,3-4H2,1H3/b6-2-. The van der Waals surface area contributed by atoms with Gasteiger partial charge in [0.1, 0.15) is 6.61 Å². The van der Waals surface area contributed by atoms with Crippen LogP contribution in [0.4, 0.5) is 13.2 Å². The molecule has 0 unspecified atom stereocenters. The Hall–Kier alpha value is -0.710. The average Bonchev–Trinajstić information content (AvgIpc) is 1.81. The quantitative estimate of drug-likeness (QED) is 0.678. The van der Waals surface area contributed by atoms with E-state index in [-0.39, 0.29) is 11.6 Å². The summed E-state index contributed by atoms with van der Waals surface area (Å²) in [6.45, 7) is 0.926. The Kier molecular flexibility index (Phi) is 4.83. The minimum atomic E-state index is -4.33. The average molecular weight is 217 g/mol. The van der Waals surface area contributed by atoms with Crippen molar-refractivity contribution in [2.45, 2.75) is 19.5 Å². The Morgan fingerprint density at radius 2 is 2.08 bits per heavy atom. The van der Waals surface area contributed by atoms with Crippen LogP contribution in [-0.2, 0) is 9.53 Å². The van der Waals surface area contributed by atoms with E-state index in [9.17, 15) is 18.0 Å². The third-order valence-corrected chi connectivity index (χ3v) is 1.25. The van der Waals surface area contributed by atoms with Crippen LogP contribution < -0.4 is 0 Å². The Labute approximate surface area is 78.3 Å². The van der Waals surface area contributed by atoms with Gasteiger partial charge in [-0.05, 0) is 6.08 Å². The van der Waals surface area contributed by atoms with E-state index in [1.807, 2.05) is 0 Å². The molecule has 0 N–H and O–H groups in total. The molecule has 0 aromatic heterocycles. The van der Waals surface area contributed by atoms with E-state index in [0.717, 1.165) is 13.0 Å². The fourth-order valence-electron chi connectivity index (χ4n) is 0.513. The SMILES string of the molecule is CC(=O)OC/C=C(\Cl)CC(F)(F)F. The van der Waals surface area contributed by atoms with Gasteiger partial charge in [0.05, 0.1) is 6.42 Å². The van der Waals surface area contributed by atoms with Crippen LogP contribution in [0, 0.1) is 0 Å². The van der Waals surface area contributed by atoms with E-state index in [0.29, 0.717) is 0 Å². The molecule has 76 valence electrons. The molecule has 0 aromatic rings. The maximum Gasteiger partial charge on any atom is 0.393 e. The van der Waals surface area contributed by atoms with Crippen molar-refractivity contribution in [1.82, 2.24) is 0 Å². The lowest BCUT2D eigenvalue weighted by Gasteiger charge is -2.04. The first-order valence-electron chi connectivity index (χ1n) is 3.36. The molecule has 6 heteroatoms. The van der Waals surface area contributed by atoms with E-state index in [1.54, 1.807) is 0 Å². The van der Waals surface area contributed by atoms with Crippen molar-refractivity contribution in [3.63, 3.8) is 0 Å². The first-order chi connectivity index (χ1) is 5.81. The van der Waals surface area contributed by atoms with Gasteiger partial charge in [0, 0.05) is 12.0 Å². The zero-order valence-corrected chi connectivity index (χ0v) is 7.58. The second-order valence-corrected chi connectivity index (χ2v) is 2.73. The Balaban J connectivity index is 3.83. The van der Waals surface area contributed by atoms with Crippen LogP contribution in [0.25, 0.3) is 0 Å². The number of rotatable bonds is 3. The summed E-state index contributed by atoms with van der Waals surface area (Å²) >= 11 is 5.20. The fraction of sp³-hybridized carbons (Fsp3) is 0.571. The molecule has 13 heavy (non-hydrogen) atoms. The summed E-state index contributed by atoms with van der Waals surface area (Å²) in [5.41, 5.74) is 0. The normalized spacial score (nSPS) is 12.8. The predicted molar refractivity (Wildman–Crippen MR) is 41.2 cm³/mol. The van der Waals surface area contributed by atoms with E-state index in [4.69, 9.17) is 11.6 Å². The summed E-state index contributed by atoms with van der Waals surface area (Å²) in [4.78, 5) is 10.2. The second kappa shape index (κ2) is 5.11. The summed E-state index contributed by atoms with van der Waals surface area (Å²) in [6.07, 6.45) is -4.52. The van der Waals surface area contributed by atoms with Crippen molar-refractivity contribution in [2.24, 2.45) is 0 Å². The van der Waals surface area contributed by atoms with E-state index >= 15 is 0 Å². The van der Waals surface area contributed by atoms with Crippen molar-refractivity contribution in [3.05, 3.63) is 11.1 Å². The van der Waals surface area contributed by atoms with Gasteiger partial charge >= 0.3 is 12.1 Å². The smallest absolute Gasteiger partial charge is 0.393 e. The molecule has 0 rings (SSSR count). The van der Waals surface area contributed by atoms with Gasteiger partial charge in [0.15, 0.2) is 0 Å². The maximum atomic E-state index is 11.7. The third kappa shape index (κ3) is 9.20. The summed E-state index contributed by atoms with van der Waals surface area (Å²) in [5, 5.41) is -0.381. The Morgan fingerprint density at radius 3 is 2.46 bits per heavy atom. The summed E-state index contributed by atoms with van der Waals surface area (Å²) < 4.78 is 39.3. The van der Waals surface area contributed by atoms with Gasteiger partial charge in [-0.25, -0.2) is 0 Å². The highest BCUT2D eigenvalue weighted by Crippen LogP contribution is 2.26.